The van der Waals surface area contributed by atoms with Crippen molar-refractivity contribution < 1.29 is 14.3 Å². The number of nitrogens with zero attached hydrogens (tertiary/aromatic N) is 4. The summed E-state index contributed by atoms with van der Waals surface area (Å²) < 4.78 is 5.46. The first-order valence-electron chi connectivity index (χ1n) is 11.0. The van der Waals surface area contributed by atoms with Gasteiger partial charge in [-0.2, -0.15) is 5.26 Å². The van der Waals surface area contributed by atoms with Crippen LogP contribution in [0.2, 0.25) is 0 Å². The third-order valence-electron chi connectivity index (χ3n) is 5.89. The second-order valence-corrected chi connectivity index (χ2v) is 8.17. The summed E-state index contributed by atoms with van der Waals surface area (Å²) in [6, 6.07) is 19.8. The zero-order valence-electron chi connectivity index (χ0n) is 18.7. The van der Waals surface area contributed by atoms with Gasteiger partial charge in [0.1, 0.15) is 0 Å². The average molecular weight is 443 g/mol. The number of benzene rings is 2. The highest BCUT2D eigenvalue weighted by atomic mass is 16.5. The number of fused-ring (bicyclic) bond motifs is 2. The number of hydrogen-bond acceptors (Lipinski definition) is 6. The Kier molecular flexibility index (Phi) is 6.96. The van der Waals surface area contributed by atoms with E-state index in [2.05, 4.69) is 17.0 Å². The second-order valence-electron chi connectivity index (χ2n) is 8.17. The summed E-state index contributed by atoms with van der Waals surface area (Å²) in [7, 11) is 1.60. The number of ether oxygens (including phenoxy) is 1. The number of esters is 1. The molecule has 7 heteroatoms. The third kappa shape index (κ3) is 5.18. The van der Waals surface area contributed by atoms with Crippen LogP contribution in [0.25, 0.3) is 10.9 Å². The fourth-order valence-corrected chi connectivity index (χ4v) is 4.11. The summed E-state index contributed by atoms with van der Waals surface area (Å²) in [5.74, 6) is -0.857. The molecule has 2 aromatic carbocycles. The quantitative estimate of drug-likeness (QED) is 0.522. The maximum Gasteiger partial charge on any atom is 0.339 e. The summed E-state index contributed by atoms with van der Waals surface area (Å²) in [5, 5.41) is 9.44. The van der Waals surface area contributed by atoms with Gasteiger partial charge in [0.2, 0.25) is 0 Å². The molecule has 1 aliphatic rings. The number of carbonyl (C=O) groups is 2. The van der Waals surface area contributed by atoms with E-state index in [1.54, 1.807) is 7.05 Å². The van der Waals surface area contributed by atoms with Crippen LogP contribution in [0, 0.1) is 11.3 Å². The van der Waals surface area contributed by atoms with E-state index >= 15 is 0 Å². The molecule has 0 saturated carbocycles. The van der Waals surface area contributed by atoms with E-state index in [1.165, 1.54) is 10.5 Å². The summed E-state index contributed by atoms with van der Waals surface area (Å²) in [5.41, 5.74) is 4.22. The highest BCUT2D eigenvalue weighted by Crippen LogP contribution is 2.29. The number of carbonyl (C=O) groups excluding carboxylic acids is 2. The van der Waals surface area contributed by atoms with Gasteiger partial charge in [-0.15, -0.1) is 0 Å². The Hall–Kier alpha value is -3.76. The number of para-hydroxylation sites is 1. The van der Waals surface area contributed by atoms with Gasteiger partial charge in [0.15, 0.2) is 6.61 Å². The molecule has 0 bridgehead atoms. The number of pyridine rings is 1. The standard InChI is InChI=1S/C26H26N4O3/c1-29(14-7-13-27)24(31)18-33-26(32)25-20-10-5-6-11-22(20)28-23-12-15-30(17-21(23)25)16-19-8-3-2-4-9-19/h2-6,8-11H,7,12,14-18H2,1H3. The topological polar surface area (TPSA) is 86.5 Å². The normalized spacial score (nSPS) is 13.2. The van der Waals surface area contributed by atoms with Crippen LogP contribution in [0.15, 0.2) is 54.6 Å². The second kappa shape index (κ2) is 10.2. The van der Waals surface area contributed by atoms with E-state index in [9.17, 15) is 9.59 Å². The van der Waals surface area contributed by atoms with Gasteiger partial charge < -0.3 is 9.64 Å². The molecular weight excluding hydrogens is 416 g/mol. The molecule has 1 aromatic heterocycles. The van der Waals surface area contributed by atoms with E-state index in [0.717, 1.165) is 41.7 Å². The van der Waals surface area contributed by atoms with Gasteiger partial charge in [-0.1, -0.05) is 48.5 Å². The molecule has 7 nitrogen and oxygen atoms in total. The first kappa shape index (κ1) is 22.4. The van der Waals surface area contributed by atoms with Crippen molar-refractivity contribution in [2.45, 2.75) is 25.9 Å². The molecule has 0 radical (unpaired) electrons. The third-order valence-corrected chi connectivity index (χ3v) is 5.89. The summed E-state index contributed by atoms with van der Waals surface area (Å²) in [6.45, 7) is 2.16. The molecule has 168 valence electrons. The minimum atomic E-state index is -0.520. The van der Waals surface area contributed by atoms with Crippen molar-refractivity contribution in [2.75, 3.05) is 26.7 Å². The summed E-state index contributed by atoms with van der Waals surface area (Å²) in [4.78, 5) is 34.1. The van der Waals surface area contributed by atoms with Gasteiger partial charge >= 0.3 is 5.97 Å². The highest BCUT2D eigenvalue weighted by molar-refractivity contribution is 6.05. The predicted molar refractivity (Wildman–Crippen MR) is 124 cm³/mol. The van der Waals surface area contributed by atoms with Crippen molar-refractivity contribution in [1.29, 1.82) is 5.26 Å². The molecule has 0 aliphatic carbocycles. The largest absolute Gasteiger partial charge is 0.452 e. The van der Waals surface area contributed by atoms with Gasteiger partial charge in [-0.05, 0) is 11.6 Å². The van der Waals surface area contributed by atoms with Crippen LogP contribution < -0.4 is 0 Å². The number of nitriles is 1. The van der Waals surface area contributed by atoms with E-state index in [1.807, 2.05) is 48.5 Å². The first-order chi connectivity index (χ1) is 16.1. The lowest BCUT2D eigenvalue weighted by Gasteiger charge is -2.30. The molecule has 1 amide bonds. The van der Waals surface area contributed by atoms with E-state index in [4.69, 9.17) is 15.0 Å². The number of amides is 1. The Morgan fingerprint density at radius 3 is 2.70 bits per heavy atom. The summed E-state index contributed by atoms with van der Waals surface area (Å²) >= 11 is 0. The first-order valence-corrected chi connectivity index (χ1v) is 11.0. The van der Waals surface area contributed by atoms with Gasteiger partial charge in [0, 0.05) is 56.3 Å². The van der Waals surface area contributed by atoms with Crippen LogP contribution in [0.3, 0.4) is 0 Å². The molecule has 0 unspecified atom stereocenters. The van der Waals surface area contributed by atoms with Crippen molar-refractivity contribution in [3.8, 4) is 6.07 Å². The van der Waals surface area contributed by atoms with Crippen molar-refractivity contribution >= 4 is 22.8 Å². The zero-order chi connectivity index (χ0) is 23.2. The maximum atomic E-state index is 13.2. The number of aromatic nitrogens is 1. The number of hydrogen-bond donors (Lipinski definition) is 0. The molecular formula is C26H26N4O3. The maximum absolute atomic E-state index is 13.2. The van der Waals surface area contributed by atoms with Crippen LogP contribution >= 0.6 is 0 Å². The van der Waals surface area contributed by atoms with Crippen molar-refractivity contribution in [3.05, 3.63) is 77.0 Å². The fraction of sp³-hybridized carbons (Fsp3) is 0.308. The minimum Gasteiger partial charge on any atom is -0.452 e. The van der Waals surface area contributed by atoms with Crippen LogP contribution in [0.4, 0.5) is 0 Å². The molecule has 33 heavy (non-hydrogen) atoms. The minimum absolute atomic E-state index is 0.232. The van der Waals surface area contributed by atoms with Crippen molar-refractivity contribution in [2.24, 2.45) is 0 Å². The molecule has 0 fully saturated rings. The van der Waals surface area contributed by atoms with Gasteiger partial charge in [0.05, 0.1) is 23.6 Å². The molecule has 4 rings (SSSR count). The van der Waals surface area contributed by atoms with Crippen molar-refractivity contribution in [3.63, 3.8) is 0 Å². The fourth-order valence-electron chi connectivity index (χ4n) is 4.11. The summed E-state index contributed by atoms with van der Waals surface area (Å²) in [6.07, 6.45) is 0.971. The van der Waals surface area contributed by atoms with E-state index < -0.39 is 5.97 Å². The molecule has 0 atom stereocenters. The molecule has 1 aliphatic heterocycles. The lowest BCUT2D eigenvalue weighted by molar-refractivity contribution is -0.133. The monoisotopic (exact) mass is 442 g/mol. The predicted octanol–water partition coefficient (Wildman–Crippen LogP) is 3.32. The number of rotatable bonds is 7. The Balaban J connectivity index is 1.59. The SMILES string of the molecule is CN(CCC#N)C(=O)COC(=O)c1c2c(nc3ccccc13)CCN(Cc1ccccc1)C2. The van der Waals surface area contributed by atoms with Crippen LogP contribution in [0.1, 0.15) is 33.6 Å². The molecule has 0 spiro atoms. The van der Waals surface area contributed by atoms with Gasteiger partial charge in [-0.25, -0.2) is 4.79 Å². The Labute approximate surface area is 193 Å². The molecule has 2 heterocycles. The lowest BCUT2D eigenvalue weighted by atomic mass is 9.95. The smallest absolute Gasteiger partial charge is 0.339 e. The van der Waals surface area contributed by atoms with Crippen LogP contribution in [-0.2, 0) is 29.0 Å². The zero-order valence-corrected chi connectivity index (χ0v) is 18.7. The average Bonchev–Trinajstić information content (AvgIpc) is 2.84. The van der Waals surface area contributed by atoms with E-state index in [-0.39, 0.29) is 18.9 Å². The van der Waals surface area contributed by atoms with Crippen molar-refractivity contribution in [1.82, 2.24) is 14.8 Å². The Bertz CT molecular complexity index is 1200. The highest BCUT2D eigenvalue weighted by Gasteiger charge is 2.27. The van der Waals surface area contributed by atoms with Gasteiger partial charge in [0.25, 0.3) is 5.91 Å². The van der Waals surface area contributed by atoms with Crippen LogP contribution in [0.5, 0.6) is 0 Å². The molecule has 0 N–H and O–H groups in total. The molecule has 0 saturated heterocycles. The number of likely N-dealkylation sites (N-methyl/N-ethyl adjacent to an activating group) is 1. The lowest BCUT2D eigenvalue weighted by Crippen LogP contribution is -2.34. The Morgan fingerprint density at radius 1 is 1.15 bits per heavy atom. The molecule has 3 aromatic rings. The van der Waals surface area contributed by atoms with E-state index in [0.29, 0.717) is 18.7 Å². The van der Waals surface area contributed by atoms with Gasteiger partial charge in [-0.3, -0.25) is 14.7 Å². The Morgan fingerprint density at radius 2 is 1.91 bits per heavy atom. The van der Waals surface area contributed by atoms with Crippen LogP contribution in [-0.4, -0.2) is 53.4 Å².